The predicted octanol–water partition coefficient (Wildman–Crippen LogP) is 1.59. The van der Waals surface area contributed by atoms with E-state index in [1.165, 1.54) is 0 Å². The molecule has 4 aromatic rings. The number of piperazine rings is 1. The Morgan fingerprint density at radius 2 is 1.97 bits per heavy atom. The number of para-hydroxylation sites is 2. The summed E-state index contributed by atoms with van der Waals surface area (Å²) in [6.07, 6.45) is 4.71. The van der Waals surface area contributed by atoms with Gasteiger partial charge in [0, 0.05) is 51.4 Å². The Balaban J connectivity index is 1.20. The number of anilines is 1. The summed E-state index contributed by atoms with van der Waals surface area (Å²) in [4.78, 5) is 29.1. The third kappa shape index (κ3) is 3.28. The Morgan fingerprint density at radius 3 is 2.79 bits per heavy atom. The van der Waals surface area contributed by atoms with Gasteiger partial charge in [-0.15, -0.1) is 10.2 Å². The number of nitrogens with one attached hydrogen (secondary N) is 1. The molecule has 0 saturated carbocycles. The molecule has 0 radical (unpaired) electrons. The van der Waals surface area contributed by atoms with Crippen LogP contribution in [0.4, 0.5) is 5.82 Å². The second-order valence-electron chi connectivity index (χ2n) is 7.26. The van der Waals surface area contributed by atoms with E-state index in [1.807, 2.05) is 46.7 Å². The van der Waals surface area contributed by atoms with Crippen molar-refractivity contribution in [2.45, 2.75) is 19.8 Å². The van der Waals surface area contributed by atoms with Crippen LogP contribution < -0.4 is 4.90 Å². The van der Waals surface area contributed by atoms with Crippen LogP contribution in [-0.4, -0.2) is 66.5 Å². The molecule has 9 heteroatoms. The van der Waals surface area contributed by atoms with Gasteiger partial charge in [0.1, 0.15) is 11.6 Å². The average Bonchev–Trinajstić information content (AvgIpc) is 3.35. The van der Waals surface area contributed by atoms with Crippen LogP contribution in [0.5, 0.6) is 0 Å². The molecule has 1 fully saturated rings. The maximum Gasteiger partial charge on any atom is 0.223 e. The molecule has 1 saturated heterocycles. The zero-order chi connectivity index (χ0) is 19.8. The van der Waals surface area contributed by atoms with Crippen LogP contribution in [0.25, 0.3) is 16.7 Å². The van der Waals surface area contributed by atoms with Gasteiger partial charge in [0.05, 0.1) is 11.0 Å². The molecule has 1 aliphatic heterocycles. The Kier molecular flexibility index (Phi) is 4.34. The van der Waals surface area contributed by atoms with Crippen LogP contribution in [0.1, 0.15) is 18.1 Å². The number of H-pyrrole nitrogens is 1. The van der Waals surface area contributed by atoms with Crippen molar-refractivity contribution in [1.29, 1.82) is 0 Å². The molecule has 1 aliphatic rings. The Hall–Kier alpha value is -3.49. The molecule has 148 valence electrons. The maximum absolute atomic E-state index is 12.7. The molecule has 1 aromatic carbocycles. The Labute approximate surface area is 167 Å². The normalized spacial score (nSPS) is 14.8. The van der Waals surface area contributed by atoms with Gasteiger partial charge in [-0.2, -0.15) is 0 Å². The highest BCUT2D eigenvalue weighted by atomic mass is 16.2. The number of amides is 1. The van der Waals surface area contributed by atoms with Crippen molar-refractivity contribution in [2.75, 3.05) is 31.1 Å². The van der Waals surface area contributed by atoms with Gasteiger partial charge in [-0.1, -0.05) is 12.1 Å². The molecule has 3 aromatic heterocycles. The van der Waals surface area contributed by atoms with Crippen molar-refractivity contribution in [1.82, 2.24) is 34.4 Å². The summed E-state index contributed by atoms with van der Waals surface area (Å²) >= 11 is 0. The molecule has 0 atom stereocenters. The quantitative estimate of drug-likeness (QED) is 0.569. The lowest BCUT2D eigenvalue weighted by molar-refractivity contribution is -0.131. The first kappa shape index (κ1) is 17.6. The van der Waals surface area contributed by atoms with E-state index in [4.69, 9.17) is 0 Å². The molecule has 0 unspecified atom stereocenters. The minimum absolute atomic E-state index is 0.162. The molecule has 0 bridgehead atoms. The second-order valence-corrected chi connectivity index (χ2v) is 7.26. The van der Waals surface area contributed by atoms with E-state index in [9.17, 15) is 4.79 Å². The van der Waals surface area contributed by atoms with Crippen molar-refractivity contribution in [3.8, 4) is 0 Å². The Morgan fingerprint density at radius 1 is 1.14 bits per heavy atom. The van der Waals surface area contributed by atoms with Crippen molar-refractivity contribution >= 4 is 28.4 Å². The first-order chi connectivity index (χ1) is 14.2. The third-order valence-electron chi connectivity index (χ3n) is 5.42. The summed E-state index contributed by atoms with van der Waals surface area (Å²) < 4.78 is 1.94. The number of rotatable bonds is 4. The summed E-state index contributed by atoms with van der Waals surface area (Å²) in [5.41, 5.74) is 2.71. The molecule has 29 heavy (non-hydrogen) atoms. The van der Waals surface area contributed by atoms with Gasteiger partial charge >= 0.3 is 0 Å². The van der Waals surface area contributed by atoms with Crippen LogP contribution in [0.3, 0.4) is 0 Å². The van der Waals surface area contributed by atoms with Gasteiger partial charge in [0.25, 0.3) is 0 Å². The zero-order valence-corrected chi connectivity index (χ0v) is 16.2. The average molecular weight is 390 g/mol. The van der Waals surface area contributed by atoms with Crippen molar-refractivity contribution < 1.29 is 4.79 Å². The van der Waals surface area contributed by atoms with Crippen LogP contribution in [0, 0.1) is 6.92 Å². The second kappa shape index (κ2) is 7.16. The first-order valence-corrected chi connectivity index (χ1v) is 9.82. The number of aromatic amines is 1. The molecule has 0 aliphatic carbocycles. The maximum atomic E-state index is 12.7. The summed E-state index contributed by atoms with van der Waals surface area (Å²) in [5.74, 6) is 2.68. The fourth-order valence-corrected chi connectivity index (χ4v) is 3.83. The number of benzene rings is 1. The van der Waals surface area contributed by atoms with Gasteiger partial charge in [-0.25, -0.2) is 9.97 Å². The number of carbonyl (C=O) groups excluding carboxylic acids is 1. The first-order valence-electron chi connectivity index (χ1n) is 9.82. The number of aryl methyl sites for hydroxylation is 2. The summed E-state index contributed by atoms with van der Waals surface area (Å²) in [6, 6.07) is 7.92. The molecule has 9 nitrogen and oxygen atoms in total. The van der Waals surface area contributed by atoms with Crippen LogP contribution in [-0.2, 0) is 11.2 Å². The number of imidazole rings is 1. The smallest absolute Gasteiger partial charge is 0.223 e. The highest BCUT2D eigenvalue weighted by molar-refractivity contribution is 5.78. The number of fused-ring (bicyclic) bond motifs is 2. The lowest BCUT2D eigenvalue weighted by Crippen LogP contribution is -2.49. The number of nitrogens with zero attached hydrogens (tertiary/aromatic N) is 7. The van der Waals surface area contributed by atoms with Crippen molar-refractivity contribution in [3.63, 3.8) is 0 Å². The zero-order valence-electron chi connectivity index (χ0n) is 16.2. The largest absolute Gasteiger partial charge is 0.350 e. The van der Waals surface area contributed by atoms with Gasteiger partial charge in [0.2, 0.25) is 11.6 Å². The molecule has 0 spiro atoms. The minimum atomic E-state index is 0.162. The number of carbonyl (C=O) groups is 1. The SMILES string of the molecule is Cc1nnc2c(N3CCN(C(=O)CCc4nc5ccccc5[nH]4)CC3)nccn12. The van der Waals surface area contributed by atoms with E-state index in [2.05, 4.69) is 30.0 Å². The van der Waals surface area contributed by atoms with Gasteiger partial charge in [-0.3, -0.25) is 9.20 Å². The van der Waals surface area contributed by atoms with E-state index >= 15 is 0 Å². The fraction of sp³-hybridized carbons (Fsp3) is 0.350. The third-order valence-corrected chi connectivity index (χ3v) is 5.42. The standard InChI is InChI=1S/C20H22N8O/c1-14-24-25-20-19(21-8-9-28(14)20)27-12-10-26(11-13-27)18(29)7-6-17-22-15-4-2-3-5-16(15)23-17/h2-5,8-9H,6-7,10-13H2,1H3,(H,22,23). The summed E-state index contributed by atoms with van der Waals surface area (Å²) in [5, 5.41) is 8.38. The lowest BCUT2D eigenvalue weighted by atomic mass is 10.2. The predicted molar refractivity (Wildman–Crippen MR) is 109 cm³/mol. The van der Waals surface area contributed by atoms with Gasteiger partial charge in [-0.05, 0) is 19.1 Å². The molecule has 5 rings (SSSR count). The highest BCUT2D eigenvalue weighted by Crippen LogP contribution is 2.19. The summed E-state index contributed by atoms with van der Waals surface area (Å²) in [6.45, 7) is 4.73. The molecule has 1 N–H and O–H groups in total. The molecular weight excluding hydrogens is 368 g/mol. The fourth-order valence-electron chi connectivity index (χ4n) is 3.83. The van der Waals surface area contributed by atoms with Gasteiger partial charge in [0.15, 0.2) is 5.82 Å². The van der Waals surface area contributed by atoms with E-state index in [0.29, 0.717) is 25.9 Å². The number of hydrogen-bond acceptors (Lipinski definition) is 6. The van der Waals surface area contributed by atoms with E-state index in [1.54, 1.807) is 6.20 Å². The number of aromatic nitrogens is 6. The highest BCUT2D eigenvalue weighted by Gasteiger charge is 2.24. The van der Waals surface area contributed by atoms with Crippen LogP contribution in [0.15, 0.2) is 36.7 Å². The van der Waals surface area contributed by atoms with Crippen molar-refractivity contribution in [2.24, 2.45) is 0 Å². The molecular formula is C20H22N8O. The van der Waals surface area contributed by atoms with E-state index in [-0.39, 0.29) is 5.91 Å². The summed E-state index contributed by atoms with van der Waals surface area (Å²) in [7, 11) is 0. The monoisotopic (exact) mass is 390 g/mol. The minimum Gasteiger partial charge on any atom is -0.350 e. The van der Waals surface area contributed by atoms with Crippen LogP contribution in [0.2, 0.25) is 0 Å². The molecule has 1 amide bonds. The van der Waals surface area contributed by atoms with E-state index in [0.717, 1.165) is 47.2 Å². The van der Waals surface area contributed by atoms with E-state index < -0.39 is 0 Å². The number of hydrogen-bond donors (Lipinski definition) is 1. The lowest BCUT2D eigenvalue weighted by Gasteiger charge is -2.35. The molecule has 4 heterocycles. The Bertz CT molecular complexity index is 1140. The topological polar surface area (TPSA) is 95.3 Å². The van der Waals surface area contributed by atoms with Crippen molar-refractivity contribution in [3.05, 3.63) is 48.3 Å². The van der Waals surface area contributed by atoms with Crippen LogP contribution >= 0.6 is 0 Å². The van der Waals surface area contributed by atoms with Gasteiger partial charge < -0.3 is 14.8 Å².